The molecule has 1 aromatic rings. The predicted molar refractivity (Wildman–Crippen MR) is 86.1 cm³/mol. The van der Waals surface area contributed by atoms with Gasteiger partial charge in [0.05, 0.1) is 4.90 Å². The van der Waals surface area contributed by atoms with E-state index in [4.69, 9.17) is 0 Å². The van der Waals surface area contributed by atoms with E-state index in [1.807, 2.05) is 6.08 Å². The van der Waals surface area contributed by atoms with E-state index in [0.717, 1.165) is 50.7 Å². The molecular formula is C16H22F3NO2S. The van der Waals surface area contributed by atoms with Gasteiger partial charge in [-0.3, -0.25) is 0 Å². The summed E-state index contributed by atoms with van der Waals surface area (Å²) in [5, 5.41) is 3.07. The Labute approximate surface area is 135 Å². The standard InChI is InChI=1S/C16H22F3NO2S/c1-2-3-4-5-6-7-8-13-20-14-9-11-15(12-10-14)23(21,22)16(17,18)19/h2,9-12,20H,1,3-8,13H2. The van der Waals surface area contributed by atoms with Crippen LogP contribution in [0.2, 0.25) is 0 Å². The van der Waals surface area contributed by atoms with Gasteiger partial charge in [0.15, 0.2) is 0 Å². The topological polar surface area (TPSA) is 46.2 Å². The molecule has 1 N–H and O–H groups in total. The number of alkyl halides is 3. The maximum absolute atomic E-state index is 12.4. The van der Waals surface area contributed by atoms with E-state index in [0.29, 0.717) is 12.2 Å². The zero-order chi connectivity index (χ0) is 17.3. The third-order valence-electron chi connectivity index (χ3n) is 3.38. The van der Waals surface area contributed by atoms with Gasteiger partial charge in [-0.05, 0) is 43.5 Å². The molecule has 7 heteroatoms. The van der Waals surface area contributed by atoms with Crippen molar-refractivity contribution in [2.24, 2.45) is 0 Å². The Bertz CT molecular complexity index is 580. The number of sulfone groups is 1. The maximum Gasteiger partial charge on any atom is 0.501 e. The SMILES string of the molecule is C=CCCCCCCCNc1ccc(S(=O)(=O)C(F)(F)F)cc1. The fraction of sp³-hybridized carbons (Fsp3) is 0.500. The highest BCUT2D eigenvalue weighted by molar-refractivity contribution is 7.92. The van der Waals surface area contributed by atoms with Gasteiger partial charge in [-0.1, -0.05) is 25.3 Å². The molecule has 1 aromatic carbocycles. The number of nitrogens with one attached hydrogen (secondary N) is 1. The first-order chi connectivity index (χ1) is 10.8. The molecule has 130 valence electrons. The van der Waals surface area contributed by atoms with Crippen LogP contribution in [0.3, 0.4) is 0 Å². The summed E-state index contributed by atoms with van der Waals surface area (Å²) in [5.41, 5.74) is -4.66. The molecule has 0 bridgehead atoms. The number of benzene rings is 1. The fourth-order valence-electron chi connectivity index (χ4n) is 2.06. The van der Waals surface area contributed by atoms with Crippen LogP contribution in [0.4, 0.5) is 18.9 Å². The first-order valence-corrected chi connectivity index (χ1v) is 9.03. The van der Waals surface area contributed by atoms with Gasteiger partial charge in [0.2, 0.25) is 0 Å². The molecule has 0 saturated carbocycles. The van der Waals surface area contributed by atoms with Crippen LogP contribution in [-0.2, 0) is 9.84 Å². The summed E-state index contributed by atoms with van der Waals surface area (Å²) in [4.78, 5) is -0.738. The third-order valence-corrected chi connectivity index (χ3v) is 4.89. The maximum atomic E-state index is 12.4. The summed E-state index contributed by atoms with van der Waals surface area (Å²) in [5.74, 6) is 0. The average molecular weight is 349 g/mol. The van der Waals surface area contributed by atoms with Gasteiger partial charge in [-0.25, -0.2) is 8.42 Å². The summed E-state index contributed by atoms with van der Waals surface area (Å²) >= 11 is 0. The Hall–Kier alpha value is -1.50. The van der Waals surface area contributed by atoms with Crippen molar-refractivity contribution in [3.63, 3.8) is 0 Å². The molecule has 0 aliphatic heterocycles. The quantitative estimate of drug-likeness (QED) is 0.482. The van der Waals surface area contributed by atoms with Crippen molar-refractivity contribution < 1.29 is 21.6 Å². The monoisotopic (exact) mass is 349 g/mol. The minimum Gasteiger partial charge on any atom is -0.385 e. The van der Waals surface area contributed by atoms with Crippen molar-refractivity contribution in [2.75, 3.05) is 11.9 Å². The lowest BCUT2D eigenvalue weighted by Crippen LogP contribution is -2.23. The molecule has 0 heterocycles. The van der Waals surface area contributed by atoms with Crippen LogP contribution in [0.1, 0.15) is 38.5 Å². The van der Waals surface area contributed by atoms with Gasteiger partial charge in [-0.2, -0.15) is 13.2 Å². The lowest BCUT2D eigenvalue weighted by atomic mass is 10.1. The van der Waals surface area contributed by atoms with Crippen LogP contribution in [0.15, 0.2) is 41.8 Å². The van der Waals surface area contributed by atoms with E-state index in [2.05, 4.69) is 11.9 Å². The highest BCUT2D eigenvalue weighted by Crippen LogP contribution is 2.30. The summed E-state index contributed by atoms with van der Waals surface area (Å²) in [6, 6.07) is 4.65. The van der Waals surface area contributed by atoms with Crippen molar-refractivity contribution in [3.05, 3.63) is 36.9 Å². The van der Waals surface area contributed by atoms with Crippen molar-refractivity contribution in [2.45, 2.75) is 48.9 Å². The largest absolute Gasteiger partial charge is 0.501 e. The summed E-state index contributed by atoms with van der Waals surface area (Å²) < 4.78 is 59.7. The number of rotatable bonds is 10. The molecule has 0 aliphatic carbocycles. The number of halogens is 3. The van der Waals surface area contributed by atoms with E-state index in [1.54, 1.807) is 0 Å². The van der Waals surface area contributed by atoms with Crippen molar-refractivity contribution >= 4 is 15.5 Å². The van der Waals surface area contributed by atoms with E-state index in [9.17, 15) is 21.6 Å². The molecule has 0 aliphatic rings. The van der Waals surface area contributed by atoms with Gasteiger partial charge in [0, 0.05) is 12.2 Å². The van der Waals surface area contributed by atoms with Gasteiger partial charge < -0.3 is 5.32 Å². The van der Waals surface area contributed by atoms with Gasteiger partial charge in [0.25, 0.3) is 9.84 Å². The average Bonchev–Trinajstić information content (AvgIpc) is 2.49. The van der Waals surface area contributed by atoms with Gasteiger partial charge in [0.1, 0.15) is 0 Å². The predicted octanol–water partition coefficient (Wildman–Crippen LogP) is 4.92. The number of allylic oxidation sites excluding steroid dienone is 1. The van der Waals surface area contributed by atoms with Crippen LogP contribution in [0.5, 0.6) is 0 Å². The summed E-state index contributed by atoms with van der Waals surface area (Å²) in [6.45, 7) is 4.37. The Morgan fingerprint density at radius 3 is 2.13 bits per heavy atom. The number of hydrogen-bond acceptors (Lipinski definition) is 3. The number of unbranched alkanes of at least 4 members (excludes halogenated alkanes) is 5. The van der Waals surface area contributed by atoms with Crippen molar-refractivity contribution in [1.82, 2.24) is 0 Å². The molecule has 0 atom stereocenters. The van der Waals surface area contributed by atoms with Crippen LogP contribution < -0.4 is 5.32 Å². The van der Waals surface area contributed by atoms with Gasteiger partial charge >= 0.3 is 5.51 Å². The smallest absolute Gasteiger partial charge is 0.385 e. The molecule has 0 unspecified atom stereocenters. The summed E-state index contributed by atoms with van der Waals surface area (Å²) in [6.07, 6.45) is 8.41. The second kappa shape index (κ2) is 8.96. The molecule has 0 aromatic heterocycles. The molecule has 0 radical (unpaired) electrons. The Morgan fingerprint density at radius 2 is 1.57 bits per heavy atom. The minimum absolute atomic E-state index is 0.609. The highest BCUT2D eigenvalue weighted by Gasteiger charge is 2.46. The summed E-state index contributed by atoms with van der Waals surface area (Å²) in [7, 11) is -5.27. The Kier molecular flexibility index (Phi) is 7.61. The first-order valence-electron chi connectivity index (χ1n) is 7.55. The number of anilines is 1. The second-order valence-electron chi connectivity index (χ2n) is 5.25. The Morgan fingerprint density at radius 1 is 1.00 bits per heavy atom. The van der Waals surface area contributed by atoms with E-state index in [-0.39, 0.29) is 0 Å². The lowest BCUT2D eigenvalue weighted by Gasteiger charge is -2.10. The molecule has 3 nitrogen and oxygen atoms in total. The second-order valence-corrected chi connectivity index (χ2v) is 7.19. The molecule has 0 fully saturated rings. The minimum atomic E-state index is -5.27. The first kappa shape index (κ1) is 19.5. The van der Waals surface area contributed by atoms with E-state index in [1.165, 1.54) is 12.1 Å². The number of hydrogen-bond donors (Lipinski definition) is 1. The highest BCUT2D eigenvalue weighted by atomic mass is 32.2. The lowest BCUT2D eigenvalue weighted by molar-refractivity contribution is -0.0436. The molecule has 1 rings (SSSR count). The van der Waals surface area contributed by atoms with E-state index < -0.39 is 20.2 Å². The van der Waals surface area contributed by atoms with Crippen LogP contribution >= 0.6 is 0 Å². The zero-order valence-corrected chi connectivity index (χ0v) is 13.7. The van der Waals surface area contributed by atoms with Crippen molar-refractivity contribution in [3.8, 4) is 0 Å². The van der Waals surface area contributed by atoms with Crippen LogP contribution in [0, 0.1) is 0 Å². The fourth-order valence-corrected chi connectivity index (χ4v) is 2.82. The normalized spacial score (nSPS) is 12.1. The van der Waals surface area contributed by atoms with Crippen LogP contribution in [0.25, 0.3) is 0 Å². The third kappa shape index (κ3) is 6.25. The van der Waals surface area contributed by atoms with E-state index >= 15 is 0 Å². The van der Waals surface area contributed by atoms with Gasteiger partial charge in [-0.15, -0.1) is 6.58 Å². The molecular weight excluding hydrogens is 327 g/mol. The molecule has 0 saturated heterocycles. The van der Waals surface area contributed by atoms with Crippen molar-refractivity contribution in [1.29, 1.82) is 0 Å². The molecule has 23 heavy (non-hydrogen) atoms. The molecule has 0 amide bonds. The van der Waals surface area contributed by atoms with Crippen LogP contribution in [-0.4, -0.2) is 20.5 Å². The molecule has 0 spiro atoms. The Balaban J connectivity index is 2.37. The zero-order valence-electron chi connectivity index (χ0n) is 12.9.